The number of nitrogens with two attached hydrogens (primary N) is 1. The molecule has 29 heavy (non-hydrogen) atoms. The Morgan fingerprint density at radius 3 is 3.10 bits per heavy atom. The maximum Gasteiger partial charge on any atom is 0.166 e. The van der Waals surface area contributed by atoms with Crippen LogP contribution in [0.2, 0.25) is 0 Å². The third kappa shape index (κ3) is 4.29. The molecule has 0 bridgehead atoms. The lowest BCUT2D eigenvalue weighted by molar-refractivity contribution is 0.215. The van der Waals surface area contributed by atoms with Crippen LogP contribution in [0.25, 0.3) is 0 Å². The summed E-state index contributed by atoms with van der Waals surface area (Å²) in [5, 5.41) is 7.16. The maximum absolute atomic E-state index is 13.4. The summed E-state index contributed by atoms with van der Waals surface area (Å²) in [6.45, 7) is 0. The predicted octanol–water partition coefficient (Wildman–Crippen LogP) is 2.19. The Morgan fingerprint density at radius 1 is 1.38 bits per heavy atom. The van der Waals surface area contributed by atoms with E-state index < -0.39 is 0 Å². The lowest BCUT2D eigenvalue weighted by Gasteiger charge is -2.20. The van der Waals surface area contributed by atoms with E-state index in [9.17, 15) is 4.39 Å². The number of nitrogen functional groups attached to an aromatic ring is 1. The second-order valence-corrected chi connectivity index (χ2v) is 6.70. The molecule has 2 aliphatic rings. The largest absolute Gasteiger partial charge is 0.399 e. The predicted molar refractivity (Wildman–Crippen MR) is 110 cm³/mol. The molecule has 148 valence electrons. The minimum atomic E-state index is -0.246. The zero-order chi connectivity index (χ0) is 20.2. The summed E-state index contributed by atoms with van der Waals surface area (Å²) in [5.74, 6) is 1.30. The molecule has 0 fully saturated rings. The van der Waals surface area contributed by atoms with Gasteiger partial charge in [0.05, 0.1) is 23.9 Å². The Labute approximate surface area is 167 Å². The average Bonchev–Trinajstić information content (AvgIpc) is 3.09. The minimum Gasteiger partial charge on any atom is -0.399 e. The van der Waals surface area contributed by atoms with Crippen LogP contribution in [0.1, 0.15) is 17.5 Å². The molecule has 3 N–H and O–H groups in total. The first kappa shape index (κ1) is 18.7. The zero-order valence-electron chi connectivity index (χ0n) is 15.8. The minimum absolute atomic E-state index is 0.0301. The number of anilines is 1. The Kier molecular flexibility index (Phi) is 5.28. The highest BCUT2D eigenvalue weighted by Gasteiger charge is 2.30. The molecule has 0 amide bonds. The summed E-state index contributed by atoms with van der Waals surface area (Å²) in [6, 6.07) is 6.68. The summed E-state index contributed by atoms with van der Waals surface area (Å²) in [4.78, 5) is 22.2. The molecule has 1 aliphatic heterocycles. The molecule has 2 unspecified atom stereocenters. The van der Waals surface area contributed by atoms with Crippen molar-refractivity contribution in [1.82, 2.24) is 15.3 Å². The van der Waals surface area contributed by atoms with Gasteiger partial charge in [-0.25, -0.2) is 19.4 Å². The Hall–Kier alpha value is -3.62. The quantitative estimate of drug-likeness (QED) is 0.598. The van der Waals surface area contributed by atoms with Gasteiger partial charge in [-0.3, -0.25) is 4.99 Å². The van der Waals surface area contributed by atoms with E-state index in [0.29, 0.717) is 24.2 Å². The van der Waals surface area contributed by atoms with Crippen LogP contribution in [-0.4, -0.2) is 46.9 Å². The van der Waals surface area contributed by atoms with Crippen molar-refractivity contribution < 1.29 is 9.23 Å². The van der Waals surface area contributed by atoms with Crippen molar-refractivity contribution in [3.05, 3.63) is 59.7 Å². The number of benzene rings is 1. The van der Waals surface area contributed by atoms with Gasteiger partial charge in [-0.15, -0.1) is 0 Å². The van der Waals surface area contributed by atoms with E-state index in [0.717, 1.165) is 17.1 Å². The molecule has 1 aromatic carbocycles. The summed E-state index contributed by atoms with van der Waals surface area (Å²) >= 11 is 0. The summed E-state index contributed by atoms with van der Waals surface area (Å²) in [6.07, 6.45) is 7.98. The van der Waals surface area contributed by atoms with E-state index in [1.807, 2.05) is 18.2 Å². The van der Waals surface area contributed by atoms with Gasteiger partial charge in [-0.1, -0.05) is 23.4 Å². The number of aromatic nitrogens is 2. The van der Waals surface area contributed by atoms with E-state index in [2.05, 4.69) is 25.4 Å². The van der Waals surface area contributed by atoms with Crippen molar-refractivity contribution in [2.24, 2.45) is 15.1 Å². The lowest BCUT2D eigenvalue weighted by Crippen LogP contribution is -2.38. The number of amidine groups is 1. The lowest BCUT2D eigenvalue weighted by atomic mass is 9.96. The van der Waals surface area contributed by atoms with Gasteiger partial charge >= 0.3 is 0 Å². The molecule has 1 aromatic heterocycles. The number of allylic oxidation sites excluding steroid dienone is 1. The number of oxime groups is 1. The first-order chi connectivity index (χ1) is 14.1. The molecule has 9 heteroatoms. The SMILES string of the molecule is CO/N=C\c1c(N)ncnc1N=C1C=CC2N=C(Cc3cccc(F)c3)NC2C1. The number of nitrogens with one attached hydrogen (secondary N) is 1. The number of fused-ring (bicyclic) bond motifs is 1. The Bertz CT molecular complexity index is 1030. The molecule has 4 rings (SSSR count). The van der Waals surface area contributed by atoms with E-state index in [1.165, 1.54) is 31.8 Å². The molecule has 0 saturated carbocycles. The molecular formula is C20H20FN7O. The van der Waals surface area contributed by atoms with Crippen LogP contribution in [0, 0.1) is 5.82 Å². The maximum atomic E-state index is 13.4. The van der Waals surface area contributed by atoms with E-state index in [1.54, 1.807) is 6.07 Å². The Morgan fingerprint density at radius 2 is 2.28 bits per heavy atom. The standard InChI is InChI=1S/C20H20FN7O/c1-29-25-10-15-19(22)23-11-24-20(15)26-14-5-6-16-17(9-14)28-18(27-16)8-12-3-2-4-13(21)7-12/h2-7,10-11,16-17H,8-9H2,1H3,(H,27,28)(H2,22,23,24)/b25-10-,26-14?. The van der Waals surface area contributed by atoms with Gasteiger partial charge < -0.3 is 15.9 Å². The number of nitrogens with zero attached hydrogens (tertiary/aromatic N) is 5. The monoisotopic (exact) mass is 393 g/mol. The van der Waals surface area contributed by atoms with Gasteiger partial charge in [-0.2, -0.15) is 0 Å². The fourth-order valence-corrected chi connectivity index (χ4v) is 3.33. The fourth-order valence-electron chi connectivity index (χ4n) is 3.33. The van der Waals surface area contributed by atoms with Crippen molar-refractivity contribution in [2.75, 3.05) is 12.8 Å². The van der Waals surface area contributed by atoms with Gasteiger partial charge in [-0.05, 0) is 23.8 Å². The summed E-state index contributed by atoms with van der Waals surface area (Å²) in [7, 11) is 1.44. The van der Waals surface area contributed by atoms with Gasteiger partial charge in [0.1, 0.15) is 30.9 Å². The van der Waals surface area contributed by atoms with Crippen LogP contribution in [0.5, 0.6) is 0 Å². The van der Waals surface area contributed by atoms with Gasteiger partial charge in [0.2, 0.25) is 0 Å². The van der Waals surface area contributed by atoms with Crippen molar-refractivity contribution in [1.29, 1.82) is 0 Å². The van der Waals surface area contributed by atoms with Crippen molar-refractivity contribution in [3.63, 3.8) is 0 Å². The highest BCUT2D eigenvalue weighted by molar-refractivity contribution is 6.01. The third-order valence-electron chi connectivity index (χ3n) is 4.68. The fraction of sp³-hybridized carbons (Fsp3) is 0.250. The van der Waals surface area contributed by atoms with Crippen molar-refractivity contribution >= 4 is 29.4 Å². The van der Waals surface area contributed by atoms with E-state index in [4.69, 9.17) is 15.6 Å². The zero-order valence-corrected chi connectivity index (χ0v) is 15.8. The van der Waals surface area contributed by atoms with E-state index >= 15 is 0 Å². The van der Waals surface area contributed by atoms with Crippen LogP contribution < -0.4 is 11.1 Å². The van der Waals surface area contributed by atoms with Crippen LogP contribution in [0.3, 0.4) is 0 Å². The third-order valence-corrected chi connectivity index (χ3v) is 4.68. The second kappa shape index (κ2) is 8.17. The van der Waals surface area contributed by atoms with Crippen LogP contribution in [0.15, 0.2) is 57.9 Å². The smallest absolute Gasteiger partial charge is 0.166 e. The van der Waals surface area contributed by atoms with Crippen LogP contribution >= 0.6 is 0 Å². The van der Waals surface area contributed by atoms with Gasteiger partial charge in [0.15, 0.2) is 5.82 Å². The highest BCUT2D eigenvalue weighted by Crippen LogP contribution is 2.24. The first-order valence-electron chi connectivity index (χ1n) is 9.13. The summed E-state index contributed by atoms with van der Waals surface area (Å²) in [5.41, 5.74) is 8.13. The Balaban J connectivity index is 1.49. The molecule has 0 saturated heterocycles. The van der Waals surface area contributed by atoms with E-state index in [-0.39, 0.29) is 23.7 Å². The summed E-state index contributed by atoms with van der Waals surface area (Å²) < 4.78 is 13.4. The van der Waals surface area contributed by atoms with Crippen LogP contribution in [-0.2, 0) is 11.3 Å². The van der Waals surface area contributed by atoms with Gasteiger partial charge in [0.25, 0.3) is 0 Å². The topological polar surface area (TPSA) is 110 Å². The second-order valence-electron chi connectivity index (χ2n) is 6.70. The number of hydrogen-bond donors (Lipinski definition) is 2. The van der Waals surface area contributed by atoms with Crippen molar-refractivity contribution in [2.45, 2.75) is 24.9 Å². The highest BCUT2D eigenvalue weighted by atomic mass is 19.1. The average molecular weight is 393 g/mol. The molecule has 1 aliphatic carbocycles. The first-order valence-corrected chi connectivity index (χ1v) is 9.13. The van der Waals surface area contributed by atoms with Gasteiger partial charge in [0, 0.05) is 18.6 Å². The number of hydrogen-bond acceptors (Lipinski definition) is 8. The molecule has 0 spiro atoms. The molecule has 2 atom stereocenters. The normalized spacial score (nSPS) is 21.9. The number of halogens is 1. The molecule has 8 nitrogen and oxygen atoms in total. The molecule has 2 aromatic rings. The van der Waals surface area contributed by atoms with Crippen molar-refractivity contribution in [3.8, 4) is 0 Å². The number of aliphatic imine (C=N–C) groups is 2. The number of rotatable bonds is 5. The molecule has 0 radical (unpaired) electrons. The molecule has 2 heterocycles. The molecular weight excluding hydrogens is 373 g/mol. The van der Waals surface area contributed by atoms with Crippen LogP contribution in [0.4, 0.5) is 16.0 Å².